The van der Waals surface area contributed by atoms with Crippen LogP contribution in [0.15, 0.2) is 32.9 Å². The predicted octanol–water partition coefficient (Wildman–Crippen LogP) is 2.76. The van der Waals surface area contributed by atoms with Gasteiger partial charge in [0, 0.05) is 11.4 Å². The maximum absolute atomic E-state index is 13.7. The monoisotopic (exact) mass is 397 g/mol. The van der Waals surface area contributed by atoms with Gasteiger partial charge in [0.05, 0.1) is 10.4 Å². The molecule has 0 amide bonds. The van der Waals surface area contributed by atoms with E-state index >= 15 is 0 Å². The van der Waals surface area contributed by atoms with Gasteiger partial charge in [-0.15, -0.1) is 11.3 Å². The Morgan fingerprint density at radius 2 is 2.00 bits per heavy atom. The van der Waals surface area contributed by atoms with E-state index in [0.717, 1.165) is 15.9 Å². The molecule has 0 radical (unpaired) electrons. The van der Waals surface area contributed by atoms with Crippen LogP contribution in [-0.4, -0.2) is 13.5 Å². The molecule has 0 unspecified atom stereocenters. The normalized spacial score (nSPS) is 11.8. The molecule has 0 aliphatic carbocycles. The first-order valence-corrected chi connectivity index (χ1v) is 8.75. The van der Waals surface area contributed by atoms with Gasteiger partial charge in [-0.25, -0.2) is 21.9 Å². The Morgan fingerprint density at radius 1 is 1.29 bits per heavy atom. The minimum atomic E-state index is -4.22. The topological polar surface area (TPSA) is 66.4 Å². The molecule has 114 valence electrons. The molecule has 1 aromatic carbocycles. The molecule has 2 aromatic rings. The number of hydrogen-bond acceptors (Lipinski definition) is 4. The van der Waals surface area contributed by atoms with Crippen LogP contribution in [0.5, 0.6) is 0 Å². The SMILES string of the molecule is O=S(=O)(NCc1ccc(Br)s1)c1cc(CO)cc(F)c1F. The van der Waals surface area contributed by atoms with Crippen molar-refractivity contribution >= 4 is 37.3 Å². The van der Waals surface area contributed by atoms with E-state index in [1.807, 2.05) is 0 Å². The van der Waals surface area contributed by atoms with E-state index in [4.69, 9.17) is 5.11 Å². The highest BCUT2D eigenvalue weighted by molar-refractivity contribution is 9.11. The summed E-state index contributed by atoms with van der Waals surface area (Å²) in [5.74, 6) is -2.78. The lowest BCUT2D eigenvalue weighted by Gasteiger charge is -2.09. The summed E-state index contributed by atoms with van der Waals surface area (Å²) in [6.45, 7) is -0.624. The van der Waals surface area contributed by atoms with Crippen molar-refractivity contribution in [3.63, 3.8) is 0 Å². The molecule has 2 rings (SSSR count). The Bertz CT molecular complexity index is 762. The number of aliphatic hydroxyl groups excluding tert-OH is 1. The summed E-state index contributed by atoms with van der Waals surface area (Å²) in [5, 5.41) is 8.95. The largest absolute Gasteiger partial charge is 0.392 e. The summed E-state index contributed by atoms with van der Waals surface area (Å²) < 4.78 is 54.1. The number of aliphatic hydroxyl groups is 1. The number of thiophene rings is 1. The average molecular weight is 398 g/mol. The Kier molecular flexibility index (Phi) is 5.10. The Labute approximate surface area is 132 Å². The molecule has 21 heavy (non-hydrogen) atoms. The highest BCUT2D eigenvalue weighted by Gasteiger charge is 2.23. The van der Waals surface area contributed by atoms with Crippen LogP contribution in [-0.2, 0) is 23.2 Å². The van der Waals surface area contributed by atoms with Crippen LogP contribution in [0, 0.1) is 11.6 Å². The first-order valence-electron chi connectivity index (χ1n) is 5.66. The van der Waals surface area contributed by atoms with Crippen LogP contribution in [0.1, 0.15) is 10.4 Å². The minimum absolute atomic E-state index is 0.0202. The fraction of sp³-hybridized carbons (Fsp3) is 0.167. The summed E-state index contributed by atoms with van der Waals surface area (Å²) in [5.41, 5.74) is -0.0202. The van der Waals surface area contributed by atoms with Crippen LogP contribution >= 0.6 is 27.3 Å². The van der Waals surface area contributed by atoms with Gasteiger partial charge in [0.15, 0.2) is 11.6 Å². The molecule has 0 saturated carbocycles. The first-order chi connectivity index (χ1) is 9.83. The number of sulfonamides is 1. The lowest BCUT2D eigenvalue weighted by molar-refractivity contribution is 0.280. The lowest BCUT2D eigenvalue weighted by atomic mass is 10.2. The van der Waals surface area contributed by atoms with Gasteiger partial charge in [-0.05, 0) is 45.8 Å². The highest BCUT2D eigenvalue weighted by Crippen LogP contribution is 2.23. The second kappa shape index (κ2) is 6.49. The average Bonchev–Trinajstić information content (AvgIpc) is 2.85. The maximum atomic E-state index is 13.7. The predicted molar refractivity (Wildman–Crippen MR) is 78.3 cm³/mol. The zero-order chi connectivity index (χ0) is 15.6. The van der Waals surface area contributed by atoms with Crippen molar-refractivity contribution in [2.45, 2.75) is 18.0 Å². The van der Waals surface area contributed by atoms with Crippen molar-refractivity contribution in [3.8, 4) is 0 Å². The Morgan fingerprint density at radius 3 is 2.57 bits per heavy atom. The van der Waals surface area contributed by atoms with Crippen molar-refractivity contribution in [1.29, 1.82) is 0 Å². The molecule has 0 aliphatic rings. The van der Waals surface area contributed by atoms with Crippen LogP contribution in [0.3, 0.4) is 0 Å². The number of halogens is 3. The van der Waals surface area contributed by atoms with Crippen LogP contribution < -0.4 is 4.72 Å². The second-order valence-electron chi connectivity index (χ2n) is 4.08. The quantitative estimate of drug-likeness (QED) is 0.814. The molecule has 1 heterocycles. The van der Waals surface area contributed by atoms with Gasteiger partial charge in [-0.2, -0.15) is 0 Å². The van der Waals surface area contributed by atoms with Crippen LogP contribution in [0.2, 0.25) is 0 Å². The third-order valence-electron chi connectivity index (χ3n) is 2.59. The molecular formula is C12H10BrF2NO3S2. The fourth-order valence-electron chi connectivity index (χ4n) is 1.59. The van der Waals surface area contributed by atoms with Crippen LogP contribution in [0.4, 0.5) is 8.78 Å². The first kappa shape index (κ1) is 16.5. The van der Waals surface area contributed by atoms with E-state index in [0.29, 0.717) is 4.88 Å². The molecule has 1 aromatic heterocycles. The number of benzene rings is 1. The molecule has 0 saturated heterocycles. The summed E-state index contributed by atoms with van der Waals surface area (Å²) >= 11 is 4.56. The molecular weight excluding hydrogens is 388 g/mol. The van der Waals surface area contributed by atoms with E-state index in [-0.39, 0.29) is 12.1 Å². The molecule has 0 aliphatic heterocycles. The van der Waals surface area contributed by atoms with Gasteiger partial charge in [0.2, 0.25) is 10.0 Å². The van der Waals surface area contributed by atoms with Gasteiger partial charge in [-0.1, -0.05) is 0 Å². The third kappa shape index (κ3) is 3.86. The van der Waals surface area contributed by atoms with Crippen molar-refractivity contribution in [2.75, 3.05) is 0 Å². The van der Waals surface area contributed by atoms with Gasteiger partial charge in [0.1, 0.15) is 4.90 Å². The third-order valence-corrected chi connectivity index (χ3v) is 5.62. The van der Waals surface area contributed by atoms with Crippen LogP contribution in [0.25, 0.3) is 0 Å². The standard InChI is InChI=1S/C12H10BrF2NO3S2/c13-11-2-1-8(20-11)5-16-21(18,19)10-4-7(6-17)3-9(14)12(10)15/h1-4,16-17H,5-6H2. The second-order valence-corrected chi connectivity index (χ2v) is 8.36. The molecule has 2 N–H and O–H groups in total. The van der Waals surface area contributed by atoms with Gasteiger partial charge in [0.25, 0.3) is 0 Å². The van der Waals surface area contributed by atoms with E-state index < -0.39 is 33.2 Å². The van der Waals surface area contributed by atoms with E-state index in [2.05, 4.69) is 20.7 Å². The lowest BCUT2D eigenvalue weighted by Crippen LogP contribution is -2.24. The van der Waals surface area contributed by atoms with Gasteiger partial charge >= 0.3 is 0 Å². The van der Waals surface area contributed by atoms with Crippen molar-refractivity contribution in [2.24, 2.45) is 0 Å². The number of nitrogens with one attached hydrogen (secondary N) is 1. The summed E-state index contributed by atoms with van der Waals surface area (Å²) in [7, 11) is -4.22. The molecule has 0 atom stereocenters. The van der Waals surface area contributed by atoms with Gasteiger partial charge in [-0.3, -0.25) is 0 Å². The number of rotatable bonds is 5. The molecule has 0 fully saturated rings. The molecule has 0 bridgehead atoms. The van der Waals surface area contributed by atoms with Crippen molar-refractivity contribution in [3.05, 3.63) is 50.1 Å². The molecule has 4 nitrogen and oxygen atoms in total. The van der Waals surface area contributed by atoms with Crippen molar-refractivity contribution in [1.82, 2.24) is 4.72 Å². The Balaban J connectivity index is 2.29. The van der Waals surface area contributed by atoms with Gasteiger partial charge < -0.3 is 5.11 Å². The maximum Gasteiger partial charge on any atom is 0.243 e. The summed E-state index contributed by atoms with van der Waals surface area (Å²) in [4.78, 5) is -0.105. The summed E-state index contributed by atoms with van der Waals surface area (Å²) in [6, 6.07) is 5.12. The summed E-state index contributed by atoms with van der Waals surface area (Å²) in [6.07, 6.45) is 0. The van der Waals surface area contributed by atoms with Crippen molar-refractivity contribution < 1.29 is 22.3 Å². The zero-order valence-electron chi connectivity index (χ0n) is 10.4. The number of hydrogen-bond donors (Lipinski definition) is 2. The zero-order valence-corrected chi connectivity index (χ0v) is 13.7. The van der Waals surface area contributed by atoms with E-state index in [1.165, 1.54) is 11.3 Å². The fourth-order valence-corrected chi connectivity index (χ4v) is 4.25. The minimum Gasteiger partial charge on any atom is -0.392 e. The smallest absolute Gasteiger partial charge is 0.243 e. The van der Waals surface area contributed by atoms with E-state index in [9.17, 15) is 17.2 Å². The molecule has 0 spiro atoms. The Hall–Kier alpha value is -0.870. The highest BCUT2D eigenvalue weighted by atomic mass is 79.9. The van der Waals surface area contributed by atoms with E-state index in [1.54, 1.807) is 12.1 Å². The molecule has 9 heteroatoms.